The first-order chi connectivity index (χ1) is 12.1. The Bertz CT molecular complexity index is 715. The van der Waals surface area contributed by atoms with Gasteiger partial charge in [0, 0.05) is 18.9 Å². The summed E-state index contributed by atoms with van der Waals surface area (Å²) in [5.41, 5.74) is 1.40. The van der Waals surface area contributed by atoms with Crippen LogP contribution in [0.4, 0.5) is 5.69 Å². The lowest BCUT2D eigenvalue weighted by Crippen LogP contribution is -2.12. The summed E-state index contributed by atoms with van der Waals surface area (Å²) < 4.78 is 15.9. The molecule has 0 unspecified atom stereocenters. The second-order valence-corrected chi connectivity index (χ2v) is 6.52. The van der Waals surface area contributed by atoms with E-state index in [-0.39, 0.29) is 5.91 Å². The predicted octanol–water partition coefficient (Wildman–Crippen LogP) is 3.69. The maximum atomic E-state index is 12.5. The fourth-order valence-electron chi connectivity index (χ4n) is 2.27. The van der Waals surface area contributed by atoms with E-state index in [0.29, 0.717) is 35.3 Å². The van der Waals surface area contributed by atoms with Crippen molar-refractivity contribution in [2.45, 2.75) is 26.7 Å². The highest BCUT2D eigenvalue weighted by atomic mass is 32.1. The summed E-state index contributed by atoms with van der Waals surface area (Å²) in [5, 5.41) is 3.89. The van der Waals surface area contributed by atoms with Crippen molar-refractivity contribution in [2.24, 2.45) is 0 Å². The number of hydrogen-bond donors (Lipinski definition) is 1. The maximum Gasteiger partial charge on any atom is 0.267 e. The lowest BCUT2D eigenvalue weighted by molar-refractivity contribution is 0.102. The second kappa shape index (κ2) is 9.39. The van der Waals surface area contributed by atoms with Crippen molar-refractivity contribution < 1.29 is 19.0 Å². The molecule has 2 aromatic rings. The Hall–Kier alpha value is -2.12. The van der Waals surface area contributed by atoms with Crippen LogP contribution < -0.4 is 14.8 Å². The average molecular weight is 364 g/mol. The molecule has 0 saturated carbocycles. The molecule has 1 N–H and O–H groups in total. The molecule has 2 rings (SSSR count). The zero-order valence-corrected chi connectivity index (χ0v) is 15.9. The van der Waals surface area contributed by atoms with Crippen LogP contribution in [0.25, 0.3) is 0 Å². The number of rotatable bonds is 9. The first-order valence-electron chi connectivity index (χ1n) is 8.16. The Labute approximate surface area is 152 Å². The van der Waals surface area contributed by atoms with E-state index in [2.05, 4.69) is 17.2 Å². The standard InChI is InChI=1S/C18H24N2O4S/c1-5-6-16-19-12(2)17(25-16)18(21)20-13-7-8-14(23-4)15(11-13)24-10-9-22-3/h7-8,11H,5-6,9-10H2,1-4H3,(H,20,21). The van der Waals surface area contributed by atoms with Crippen LogP contribution in [0.3, 0.4) is 0 Å². The topological polar surface area (TPSA) is 69.7 Å². The van der Waals surface area contributed by atoms with Crippen molar-refractivity contribution >= 4 is 22.9 Å². The smallest absolute Gasteiger partial charge is 0.267 e. The second-order valence-electron chi connectivity index (χ2n) is 5.43. The number of hydrogen-bond acceptors (Lipinski definition) is 6. The van der Waals surface area contributed by atoms with Gasteiger partial charge in [0.05, 0.1) is 24.4 Å². The van der Waals surface area contributed by atoms with Crippen LogP contribution >= 0.6 is 11.3 Å². The zero-order chi connectivity index (χ0) is 18.2. The molecule has 7 heteroatoms. The molecule has 0 radical (unpaired) electrons. The molecule has 0 fully saturated rings. The molecule has 1 aromatic carbocycles. The van der Waals surface area contributed by atoms with E-state index < -0.39 is 0 Å². The highest BCUT2D eigenvalue weighted by molar-refractivity contribution is 7.13. The average Bonchev–Trinajstić information content (AvgIpc) is 2.96. The number of aryl methyl sites for hydroxylation is 2. The van der Waals surface area contributed by atoms with Crippen LogP contribution in [0.1, 0.15) is 33.7 Å². The molecule has 0 aliphatic rings. The Morgan fingerprint density at radius 3 is 2.72 bits per heavy atom. The van der Waals surface area contributed by atoms with Gasteiger partial charge in [0.25, 0.3) is 5.91 Å². The fourth-order valence-corrected chi connectivity index (χ4v) is 3.34. The minimum absolute atomic E-state index is 0.162. The van der Waals surface area contributed by atoms with Gasteiger partial charge in [0.15, 0.2) is 11.5 Å². The van der Waals surface area contributed by atoms with Crippen LogP contribution in [0.2, 0.25) is 0 Å². The first-order valence-corrected chi connectivity index (χ1v) is 8.98. The number of aromatic nitrogens is 1. The molecule has 0 aliphatic heterocycles. The van der Waals surface area contributed by atoms with E-state index in [1.807, 2.05) is 6.92 Å². The van der Waals surface area contributed by atoms with E-state index >= 15 is 0 Å². The Morgan fingerprint density at radius 1 is 1.24 bits per heavy atom. The number of nitrogens with one attached hydrogen (secondary N) is 1. The number of nitrogens with zero attached hydrogens (tertiary/aromatic N) is 1. The third-order valence-electron chi connectivity index (χ3n) is 3.48. The molecular formula is C18H24N2O4S. The highest BCUT2D eigenvalue weighted by Crippen LogP contribution is 2.31. The quantitative estimate of drug-likeness (QED) is 0.687. The summed E-state index contributed by atoms with van der Waals surface area (Å²) in [6.07, 6.45) is 1.90. The molecule has 6 nitrogen and oxygen atoms in total. The molecule has 1 heterocycles. The van der Waals surface area contributed by atoms with Gasteiger partial charge in [-0.1, -0.05) is 6.92 Å². The SMILES string of the molecule is CCCc1nc(C)c(C(=O)Nc2ccc(OC)c(OCCOC)c2)s1. The molecule has 0 atom stereocenters. The van der Waals surface area contributed by atoms with Crippen molar-refractivity contribution in [1.82, 2.24) is 4.98 Å². The van der Waals surface area contributed by atoms with Crippen LogP contribution in [-0.4, -0.2) is 38.3 Å². The normalized spacial score (nSPS) is 10.6. The summed E-state index contributed by atoms with van der Waals surface area (Å²) >= 11 is 1.44. The van der Waals surface area contributed by atoms with Gasteiger partial charge in [-0.25, -0.2) is 4.98 Å². The molecule has 0 spiro atoms. The van der Waals surface area contributed by atoms with E-state index in [1.54, 1.807) is 32.4 Å². The van der Waals surface area contributed by atoms with Gasteiger partial charge in [-0.2, -0.15) is 0 Å². The number of benzene rings is 1. The lowest BCUT2D eigenvalue weighted by atomic mass is 10.2. The first kappa shape index (κ1) is 19.2. The fraction of sp³-hybridized carbons (Fsp3) is 0.444. The van der Waals surface area contributed by atoms with E-state index in [0.717, 1.165) is 23.5 Å². The number of amides is 1. The van der Waals surface area contributed by atoms with Crippen LogP contribution in [0, 0.1) is 6.92 Å². The van der Waals surface area contributed by atoms with E-state index in [4.69, 9.17) is 14.2 Å². The Morgan fingerprint density at radius 2 is 2.04 bits per heavy atom. The maximum absolute atomic E-state index is 12.5. The van der Waals surface area contributed by atoms with Crippen molar-refractivity contribution in [3.63, 3.8) is 0 Å². The number of carbonyl (C=O) groups is 1. The van der Waals surface area contributed by atoms with Gasteiger partial charge in [0.2, 0.25) is 0 Å². The minimum Gasteiger partial charge on any atom is -0.493 e. The summed E-state index contributed by atoms with van der Waals surface area (Å²) in [7, 11) is 3.19. The van der Waals surface area contributed by atoms with Gasteiger partial charge in [0.1, 0.15) is 11.5 Å². The third-order valence-corrected chi connectivity index (χ3v) is 4.69. The largest absolute Gasteiger partial charge is 0.493 e. The Kier molecular flexibility index (Phi) is 7.21. The van der Waals surface area contributed by atoms with Crippen molar-refractivity contribution in [2.75, 3.05) is 32.8 Å². The van der Waals surface area contributed by atoms with Gasteiger partial charge in [-0.05, 0) is 31.9 Å². The van der Waals surface area contributed by atoms with Crippen LogP contribution in [0.15, 0.2) is 18.2 Å². The van der Waals surface area contributed by atoms with Crippen LogP contribution in [-0.2, 0) is 11.2 Å². The molecular weight excluding hydrogens is 340 g/mol. The number of carbonyl (C=O) groups excluding carboxylic acids is 1. The summed E-state index contributed by atoms with van der Waals surface area (Å²) in [5.74, 6) is 1.00. The molecule has 1 amide bonds. The number of thiazole rings is 1. The molecule has 1 aromatic heterocycles. The monoisotopic (exact) mass is 364 g/mol. The molecule has 0 bridgehead atoms. The summed E-state index contributed by atoms with van der Waals surface area (Å²) in [6.45, 7) is 4.83. The lowest BCUT2D eigenvalue weighted by Gasteiger charge is -2.12. The number of ether oxygens (including phenoxy) is 3. The Balaban J connectivity index is 2.13. The van der Waals surface area contributed by atoms with Gasteiger partial charge >= 0.3 is 0 Å². The van der Waals surface area contributed by atoms with Gasteiger partial charge in [-0.3, -0.25) is 4.79 Å². The number of anilines is 1. The van der Waals surface area contributed by atoms with E-state index in [1.165, 1.54) is 11.3 Å². The van der Waals surface area contributed by atoms with Crippen molar-refractivity contribution in [1.29, 1.82) is 0 Å². The molecule has 0 aliphatic carbocycles. The highest BCUT2D eigenvalue weighted by Gasteiger charge is 2.16. The van der Waals surface area contributed by atoms with Crippen molar-refractivity contribution in [3.05, 3.63) is 33.8 Å². The minimum atomic E-state index is -0.162. The summed E-state index contributed by atoms with van der Waals surface area (Å²) in [6, 6.07) is 5.29. The van der Waals surface area contributed by atoms with Gasteiger partial charge < -0.3 is 19.5 Å². The van der Waals surface area contributed by atoms with E-state index in [9.17, 15) is 4.79 Å². The van der Waals surface area contributed by atoms with Crippen LogP contribution in [0.5, 0.6) is 11.5 Å². The molecule has 136 valence electrons. The molecule has 25 heavy (non-hydrogen) atoms. The van der Waals surface area contributed by atoms with Gasteiger partial charge in [-0.15, -0.1) is 11.3 Å². The molecule has 0 saturated heterocycles. The number of methoxy groups -OCH3 is 2. The predicted molar refractivity (Wildman–Crippen MR) is 99.2 cm³/mol. The summed E-state index contributed by atoms with van der Waals surface area (Å²) in [4.78, 5) is 17.6. The van der Waals surface area contributed by atoms with Crippen molar-refractivity contribution in [3.8, 4) is 11.5 Å². The third kappa shape index (κ3) is 5.17. The zero-order valence-electron chi connectivity index (χ0n) is 15.0.